The lowest BCUT2D eigenvalue weighted by Crippen LogP contribution is -2.46. The molecule has 2 rings (SSSR count). The summed E-state index contributed by atoms with van der Waals surface area (Å²) in [6, 6.07) is 0.479. The highest BCUT2D eigenvalue weighted by Gasteiger charge is 2.30. The van der Waals surface area contributed by atoms with Crippen LogP contribution < -0.4 is 5.73 Å². The van der Waals surface area contributed by atoms with Gasteiger partial charge in [0.1, 0.15) is 5.54 Å². The molecule has 7 nitrogen and oxygen atoms in total. The number of carbonyl (C=O) groups excluding carboxylic acids is 1. The van der Waals surface area contributed by atoms with Crippen LogP contribution in [-0.4, -0.2) is 44.1 Å². The van der Waals surface area contributed by atoms with E-state index in [1.54, 1.807) is 25.6 Å². The molecular formula is C12H21N5O2S. The minimum Gasteiger partial charge on any atom is -0.465 e. The molecule has 1 aromatic heterocycles. The number of esters is 1. The summed E-state index contributed by atoms with van der Waals surface area (Å²) < 4.78 is 6.85. The topological polar surface area (TPSA) is 95.9 Å². The van der Waals surface area contributed by atoms with E-state index in [4.69, 9.17) is 10.5 Å². The molecule has 8 heteroatoms. The summed E-state index contributed by atoms with van der Waals surface area (Å²) in [4.78, 5) is 11.6. The third-order valence-corrected chi connectivity index (χ3v) is 4.19. The summed E-state index contributed by atoms with van der Waals surface area (Å²) in [5, 5.41) is 12.6. The molecular weight excluding hydrogens is 278 g/mol. The fourth-order valence-corrected chi connectivity index (χ4v) is 2.71. The van der Waals surface area contributed by atoms with Crippen LogP contribution >= 0.6 is 11.8 Å². The summed E-state index contributed by atoms with van der Waals surface area (Å²) in [5.74, 6) is 0.493. The van der Waals surface area contributed by atoms with E-state index < -0.39 is 5.54 Å². The van der Waals surface area contributed by atoms with Gasteiger partial charge in [0.2, 0.25) is 5.16 Å². The van der Waals surface area contributed by atoms with Crippen LogP contribution in [0, 0.1) is 0 Å². The summed E-state index contributed by atoms with van der Waals surface area (Å²) in [6.07, 6.45) is 3.71. The van der Waals surface area contributed by atoms with Crippen molar-refractivity contribution in [2.24, 2.45) is 5.73 Å². The number of aromatic nitrogens is 4. The molecule has 1 aliphatic rings. The summed E-state index contributed by atoms with van der Waals surface area (Å²) in [7, 11) is 0. The molecule has 0 radical (unpaired) electrons. The normalized spacial score (nSPS) is 17.8. The lowest BCUT2D eigenvalue weighted by atomic mass is 9.98. The van der Waals surface area contributed by atoms with Crippen molar-refractivity contribution in [3.8, 4) is 0 Å². The van der Waals surface area contributed by atoms with Gasteiger partial charge < -0.3 is 10.5 Å². The van der Waals surface area contributed by atoms with Crippen molar-refractivity contribution >= 4 is 17.7 Å². The lowest BCUT2D eigenvalue weighted by molar-refractivity contribution is -0.149. The van der Waals surface area contributed by atoms with Crippen LogP contribution in [0.4, 0.5) is 0 Å². The van der Waals surface area contributed by atoms with E-state index >= 15 is 0 Å². The first-order valence-electron chi connectivity index (χ1n) is 6.91. The highest BCUT2D eigenvalue weighted by atomic mass is 32.2. The van der Waals surface area contributed by atoms with E-state index in [-0.39, 0.29) is 5.97 Å². The van der Waals surface area contributed by atoms with E-state index in [2.05, 4.69) is 15.5 Å². The van der Waals surface area contributed by atoms with E-state index in [0.717, 1.165) is 30.2 Å². The molecule has 0 saturated heterocycles. The molecule has 20 heavy (non-hydrogen) atoms. The van der Waals surface area contributed by atoms with Crippen molar-refractivity contribution < 1.29 is 9.53 Å². The Morgan fingerprint density at radius 2 is 2.35 bits per heavy atom. The van der Waals surface area contributed by atoms with E-state index in [1.807, 2.05) is 4.68 Å². The predicted octanol–water partition coefficient (Wildman–Crippen LogP) is 1.16. The van der Waals surface area contributed by atoms with Gasteiger partial charge in [-0.3, -0.25) is 4.79 Å². The smallest absolute Gasteiger partial charge is 0.325 e. The average Bonchev–Trinajstić information content (AvgIpc) is 3.14. The second-order valence-corrected chi connectivity index (χ2v) is 6.29. The first kappa shape index (κ1) is 15.2. The number of thioether (sulfide) groups is 1. The highest BCUT2D eigenvalue weighted by Crippen LogP contribution is 2.36. The molecule has 112 valence electrons. The van der Waals surface area contributed by atoms with Gasteiger partial charge in [-0.1, -0.05) is 11.8 Å². The van der Waals surface area contributed by atoms with Crippen molar-refractivity contribution in [1.82, 2.24) is 20.2 Å². The van der Waals surface area contributed by atoms with Crippen molar-refractivity contribution in [2.75, 3.05) is 12.4 Å². The van der Waals surface area contributed by atoms with Crippen molar-refractivity contribution in [1.29, 1.82) is 0 Å². The fraction of sp³-hybridized carbons (Fsp3) is 0.833. The number of hydrogen-bond acceptors (Lipinski definition) is 7. The first-order chi connectivity index (χ1) is 9.54. The zero-order valence-electron chi connectivity index (χ0n) is 11.9. The molecule has 1 aliphatic carbocycles. The van der Waals surface area contributed by atoms with Gasteiger partial charge in [-0.05, 0) is 50.0 Å². The van der Waals surface area contributed by atoms with Crippen LogP contribution in [-0.2, 0) is 9.53 Å². The van der Waals surface area contributed by atoms with Gasteiger partial charge in [0.05, 0.1) is 12.6 Å². The summed E-state index contributed by atoms with van der Waals surface area (Å²) in [6.45, 7) is 3.85. The fourth-order valence-electron chi connectivity index (χ4n) is 1.83. The molecule has 0 bridgehead atoms. The van der Waals surface area contributed by atoms with Gasteiger partial charge in [0, 0.05) is 5.75 Å². The third-order valence-electron chi connectivity index (χ3n) is 3.17. The van der Waals surface area contributed by atoms with Crippen molar-refractivity contribution in [2.45, 2.75) is 56.3 Å². The maximum absolute atomic E-state index is 11.6. The molecule has 1 atom stereocenters. The second kappa shape index (κ2) is 6.53. The van der Waals surface area contributed by atoms with Crippen LogP contribution in [0.15, 0.2) is 5.16 Å². The van der Waals surface area contributed by atoms with Gasteiger partial charge in [-0.15, -0.1) is 5.10 Å². The molecule has 1 aromatic rings. The number of rotatable bonds is 8. The molecule has 2 N–H and O–H groups in total. The number of tetrazole rings is 1. The molecule has 1 unspecified atom stereocenters. The monoisotopic (exact) mass is 299 g/mol. The van der Waals surface area contributed by atoms with Gasteiger partial charge in [0.25, 0.3) is 0 Å². The quantitative estimate of drug-likeness (QED) is 0.437. The lowest BCUT2D eigenvalue weighted by Gasteiger charge is -2.21. The number of ether oxygens (including phenoxy) is 1. The van der Waals surface area contributed by atoms with E-state index in [9.17, 15) is 4.79 Å². The third kappa shape index (κ3) is 3.92. The number of carbonyl (C=O) groups is 1. The Labute approximate surface area is 122 Å². The zero-order valence-corrected chi connectivity index (χ0v) is 12.7. The second-order valence-electron chi connectivity index (χ2n) is 5.23. The van der Waals surface area contributed by atoms with Gasteiger partial charge >= 0.3 is 5.97 Å². The predicted molar refractivity (Wildman–Crippen MR) is 75.3 cm³/mol. The largest absolute Gasteiger partial charge is 0.465 e. The van der Waals surface area contributed by atoms with Crippen LogP contribution in [0.2, 0.25) is 0 Å². The van der Waals surface area contributed by atoms with Crippen LogP contribution in [0.1, 0.15) is 45.6 Å². The Morgan fingerprint density at radius 1 is 1.60 bits per heavy atom. The standard InChI is InChI=1S/C12H21N5O2S/c1-3-19-10(18)12(2,13)7-4-8-20-11-14-15-16-17(11)9-5-6-9/h9H,3-8,13H2,1-2H3. The Morgan fingerprint density at radius 3 is 3.00 bits per heavy atom. The van der Waals surface area contributed by atoms with Gasteiger partial charge in [-0.25, -0.2) is 4.68 Å². The summed E-state index contributed by atoms with van der Waals surface area (Å²) in [5.41, 5.74) is 5.05. The molecule has 0 aromatic carbocycles. The zero-order chi connectivity index (χ0) is 14.6. The highest BCUT2D eigenvalue weighted by molar-refractivity contribution is 7.99. The molecule has 0 aliphatic heterocycles. The minimum atomic E-state index is -0.918. The van der Waals surface area contributed by atoms with E-state index in [1.165, 1.54) is 0 Å². The van der Waals surface area contributed by atoms with Crippen molar-refractivity contribution in [3.05, 3.63) is 0 Å². The van der Waals surface area contributed by atoms with Gasteiger partial charge in [0.15, 0.2) is 0 Å². The average molecular weight is 299 g/mol. The van der Waals surface area contributed by atoms with Crippen LogP contribution in [0.3, 0.4) is 0 Å². The SMILES string of the molecule is CCOC(=O)C(C)(N)CCCSc1nnnn1C1CC1. The summed E-state index contributed by atoms with van der Waals surface area (Å²) >= 11 is 1.61. The number of nitrogens with two attached hydrogens (primary N) is 1. The molecule has 1 fully saturated rings. The van der Waals surface area contributed by atoms with Gasteiger partial charge in [-0.2, -0.15) is 0 Å². The Kier molecular flexibility index (Phi) is 4.98. The van der Waals surface area contributed by atoms with Crippen LogP contribution in [0.25, 0.3) is 0 Å². The Hall–Kier alpha value is -1.15. The first-order valence-corrected chi connectivity index (χ1v) is 7.90. The Bertz CT molecular complexity index is 458. The minimum absolute atomic E-state index is 0.340. The Balaban J connectivity index is 1.73. The molecule has 0 amide bonds. The maximum atomic E-state index is 11.6. The number of nitrogens with zero attached hydrogens (tertiary/aromatic N) is 4. The molecule has 0 spiro atoms. The van der Waals surface area contributed by atoms with Crippen LogP contribution in [0.5, 0.6) is 0 Å². The van der Waals surface area contributed by atoms with Crippen molar-refractivity contribution in [3.63, 3.8) is 0 Å². The number of hydrogen-bond donors (Lipinski definition) is 1. The maximum Gasteiger partial charge on any atom is 0.325 e. The molecule has 1 heterocycles. The van der Waals surface area contributed by atoms with E-state index in [0.29, 0.717) is 19.1 Å². The molecule has 1 saturated carbocycles.